The summed E-state index contributed by atoms with van der Waals surface area (Å²) in [5, 5.41) is 11.3. The van der Waals surface area contributed by atoms with E-state index in [1.165, 1.54) is 11.3 Å². The second-order valence-electron chi connectivity index (χ2n) is 7.23. The lowest BCUT2D eigenvalue weighted by atomic mass is 10.0. The first-order valence-corrected chi connectivity index (χ1v) is 9.19. The highest BCUT2D eigenvalue weighted by molar-refractivity contribution is 14.0. The molecular weight excluding hydrogens is 443 g/mol. The van der Waals surface area contributed by atoms with Gasteiger partial charge in [0.05, 0.1) is 25.5 Å². The minimum Gasteiger partial charge on any atom is -0.379 e. The van der Waals surface area contributed by atoms with E-state index in [0.29, 0.717) is 6.54 Å². The Kier molecular flexibility index (Phi) is 9.32. The molecule has 1 aliphatic rings. The first-order valence-electron chi connectivity index (χ1n) is 9.19. The molecular formula is C18H35IN6O. The van der Waals surface area contributed by atoms with Crippen LogP contribution in [0.2, 0.25) is 0 Å². The maximum atomic E-state index is 5.46. The van der Waals surface area contributed by atoms with Crippen LogP contribution in [0.3, 0.4) is 0 Å². The molecule has 0 aliphatic carbocycles. The van der Waals surface area contributed by atoms with Crippen LogP contribution >= 0.6 is 24.0 Å². The van der Waals surface area contributed by atoms with E-state index in [9.17, 15) is 0 Å². The van der Waals surface area contributed by atoms with Gasteiger partial charge in [-0.2, -0.15) is 5.10 Å². The summed E-state index contributed by atoms with van der Waals surface area (Å²) in [6.07, 6.45) is 0. The van der Waals surface area contributed by atoms with Crippen LogP contribution in [-0.4, -0.2) is 65.6 Å². The summed E-state index contributed by atoms with van der Waals surface area (Å²) >= 11 is 0. The van der Waals surface area contributed by atoms with Gasteiger partial charge in [-0.05, 0) is 34.6 Å². The van der Waals surface area contributed by atoms with E-state index in [0.717, 1.165) is 51.0 Å². The molecule has 1 aromatic heterocycles. The van der Waals surface area contributed by atoms with Gasteiger partial charge in [0, 0.05) is 50.0 Å². The molecule has 0 amide bonds. The summed E-state index contributed by atoms with van der Waals surface area (Å²) in [6.45, 7) is 16.7. The molecule has 0 unspecified atom stereocenters. The van der Waals surface area contributed by atoms with E-state index in [1.54, 1.807) is 0 Å². The molecule has 8 heteroatoms. The van der Waals surface area contributed by atoms with Gasteiger partial charge in [0.15, 0.2) is 5.96 Å². The Labute approximate surface area is 175 Å². The van der Waals surface area contributed by atoms with Gasteiger partial charge in [0.1, 0.15) is 0 Å². The maximum absolute atomic E-state index is 5.46. The first kappa shape index (κ1) is 23.2. The number of rotatable bonds is 6. The van der Waals surface area contributed by atoms with Gasteiger partial charge < -0.3 is 15.4 Å². The predicted octanol–water partition coefficient (Wildman–Crippen LogP) is 1.82. The summed E-state index contributed by atoms with van der Waals surface area (Å²) < 4.78 is 7.38. The first-order chi connectivity index (χ1) is 11.8. The fraction of sp³-hybridized carbons (Fsp3) is 0.778. The fourth-order valence-corrected chi connectivity index (χ4v) is 3.13. The molecule has 2 heterocycles. The smallest absolute Gasteiger partial charge is 0.191 e. The van der Waals surface area contributed by atoms with Crippen LogP contribution in [0.5, 0.6) is 0 Å². The van der Waals surface area contributed by atoms with Crippen LogP contribution in [0.25, 0.3) is 0 Å². The maximum Gasteiger partial charge on any atom is 0.191 e. The third-order valence-electron chi connectivity index (χ3n) is 4.95. The van der Waals surface area contributed by atoms with Crippen molar-refractivity contribution >= 4 is 29.9 Å². The quantitative estimate of drug-likeness (QED) is 0.371. The normalized spacial score (nSPS) is 16.3. The predicted molar refractivity (Wildman–Crippen MR) is 117 cm³/mol. The lowest BCUT2D eigenvalue weighted by Crippen LogP contribution is -2.56. The van der Waals surface area contributed by atoms with Crippen molar-refractivity contribution in [3.63, 3.8) is 0 Å². The Hall–Kier alpha value is -0.870. The van der Waals surface area contributed by atoms with Gasteiger partial charge in [-0.25, -0.2) is 4.99 Å². The molecule has 0 bridgehead atoms. The highest BCUT2D eigenvalue weighted by Gasteiger charge is 2.28. The van der Waals surface area contributed by atoms with E-state index in [2.05, 4.69) is 48.3 Å². The SMILES string of the molecule is CCNC(=NCc1c(C)nn(C)c1C)NCC(C)(C)N1CCOCC1.I. The van der Waals surface area contributed by atoms with Crippen LogP contribution < -0.4 is 10.6 Å². The molecule has 0 radical (unpaired) electrons. The molecule has 1 aliphatic heterocycles. The second kappa shape index (κ2) is 10.5. The topological polar surface area (TPSA) is 66.7 Å². The number of hydrogen-bond acceptors (Lipinski definition) is 4. The third-order valence-corrected chi connectivity index (χ3v) is 4.95. The molecule has 26 heavy (non-hydrogen) atoms. The van der Waals surface area contributed by atoms with Crippen LogP contribution in [0.1, 0.15) is 37.7 Å². The Morgan fingerprint density at radius 2 is 1.88 bits per heavy atom. The van der Waals surface area contributed by atoms with Gasteiger partial charge in [0.2, 0.25) is 0 Å². The third kappa shape index (κ3) is 6.09. The Bertz CT molecular complexity index is 593. The molecule has 1 aromatic rings. The summed E-state index contributed by atoms with van der Waals surface area (Å²) in [5.41, 5.74) is 3.48. The second-order valence-corrected chi connectivity index (χ2v) is 7.23. The van der Waals surface area contributed by atoms with E-state index in [4.69, 9.17) is 9.73 Å². The molecule has 2 N–H and O–H groups in total. The lowest BCUT2D eigenvalue weighted by Gasteiger charge is -2.41. The van der Waals surface area contributed by atoms with Crippen molar-refractivity contribution in [1.29, 1.82) is 0 Å². The number of aryl methyl sites for hydroxylation is 2. The largest absolute Gasteiger partial charge is 0.379 e. The summed E-state index contributed by atoms with van der Waals surface area (Å²) in [5.74, 6) is 0.853. The Balaban J connectivity index is 0.00000338. The van der Waals surface area contributed by atoms with Crippen LogP contribution in [0.15, 0.2) is 4.99 Å². The van der Waals surface area contributed by atoms with Crippen molar-refractivity contribution in [1.82, 2.24) is 25.3 Å². The van der Waals surface area contributed by atoms with Crippen molar-refractivity contribution in [2.45, 2.75) is 46.7 Å². The van der Waals surface area contributed by atoms with E-state index >= 15 is 0 Å². The molecule has 2 rings (SSSR count). The number of morpholine rings is 1. The molecule has 0 aromatic carbocycles. The summed E-state index contributed by atoms with van der Waals surface area (Å²) in [7, 11) is 1.98. The van der Waals surface area contributed by atoms with Crippen molar-refractivity contribution < 1.29 is 4.74 Å². The summed E-state index contributed by atoms with van der Waals surface area (Å²) in [6, 6.07) is 0. The monoisotopic (exact) mass is 478 g/mol. The average Bonchev–Trinajstić information content (AvgIpc) is 2.83. The number of nitrogens with one attached hydrogen (secondary N) is 2. The Morgan fingerprint density at radius 1 is 1.23 bits per heavy atom. The van der Waals surface area contributed by atoms with Crippen molar-refractivity contribution in [2.24, 2.45) is 12.0 Å². The Morgan fingerprint density at radius 3 is 2.42 bits per heavy atom. The highest BCUT2D eigenvalue weighted by atomic mass is 127. The van der Waals surface area contributed by atoms with Gasteiger partial charge >= 0.3 is 0 Å². The number of halogens is 1. The van der Waals surface area contributed by atoms with E-state index < -0.39 is 0 Å². The van der Waals surface area contributed by atoms with Gasteiger partial charge in [0.25, 0.3) is 0 Å². The van der Waals surface area contributed by atoms with Crippen molar-refractivity contribution in [3.05, 3.63) is 17.0 Å². The minimum atomic E-state index is 0. The molecule has 1 saturated heterocycles. The molecule has 0 atom stereocenters. The summed E-state index contributed by atoms with van der Waals surface area (Å²) in [4.78, 5) is 7.24. The average molecular weight is 478 g/mol. The molecule has 7 nitrogen and oxygen atoms in total. The van der Waals surface area contributed by atoms with Gasteiger partial charge in [-0.15, -0.1) is 24.0 Å². The molecule has 1 fully saturated rings. The van der Waals surface area contributed by atoms with Crippen molar-refractivity contribution in [3.8, 4) is 0 Å². The number of ether oxygens (including phenoxy) is 1. The molecule has 0 saturated carbocycles. The zero-order chi connectivity index (χ0) is 18.4. The fourth-order valence-electron chi connectivity index (χ4n) is 3.13. The van der Waals surface area contributed by atoms with Crippen LogP contribution in [-0.2, 0) is 18.3 Å². The van der Waals surface area contributed by atoms with Crippen LogP contribution in [0.4, 0.5) is 0 Å². The number of nitrogens with zero attached hydrogens (tertiary/aromatic N) is 4. The zero-order valence-corrected chi connectivity index (χ0v) is 19.4. The van der Waals surface area contributed by atoms with E-state index in [1.807, 2.05) is 18.7 Å². The molecule has 0 spiro atoms. The van der Waals surface area contributed by atoms with Crippen molar-refractivity contribution in [2.75, 3.05) is 39.4 Å². The number of guanidine groups is 1. The number of aliphatic imine (C=N–C) groups is 1. The van der Waals surface area contributed by atoms with Crippen LogP contribution in [0, 0.1) is 13.8 Å². The van der Waals surface area contributed by atoms with Gasteiger partial charge in [-0.3, -0.25) is 9.58 Å². The number of hydrogen-bond donors (Lipinski definition) is 2. The molecule has 150 valence electrons. The van der Waals surface area contributed by atoms with Gasteiger partial charge in [-0.1, -0.05) is 0 Å². The van der Waals surface area contributed by atoms with E-state index in [-0.39, 0.29) is 29.5 Å². The minimum absolute atomic E-state index is 0. The standard InChI is InChI=1S/C18H34N6O.HI/c1-7-19-17(20-12-16-14(2)22-23(6)15(16)3)21-13-18(4,5)24-8-10-25-11-9-24;/h7-13H2,1-6H3,(H2,19,20,21);1H. The lowest BCUT2D eigenvalue weighted by molar-refractivity contribution is -0.00834. The zero-order valence-electron chi connectivity index (χ0n) is 17.1. The highest BCUT2D eigenvalue weighted by Crippen LogP contribution is 2.15. The number of aromatic nitrogens is 2.